The lowest BCUT2D eigenvalue weighted by atomic mass is 9.82. The van der Waals surface area contributed by atoms with Crippen LogP contribution >= 0.6 is 0 Å². The first-order valence-corrected chi connectivity index (χ1v) is 14.5. The van der Waals surface area contributed by atoms with Crippen molar-refractivity contribution in [1.82, 2.24) is 0 Å². The van der Waals surface area contributed by atoms with Crippen LogP contribution in [0, 0.1) is 5.92 Å². The Balaban J connectivity index is 1.54. The molecule has 0 aromatic rings. The molecule has 4 fully saturated rings. The number of aliphatic hydroxyl groups excluding tert-OH is 5. The van der Waals surface area contributed by atoms with Crippen LogP contribution in [-0.4, -0.2) is 132 Å². The van der Waals surface area contributed by atoms with Gasteiger partial charge in [0.15, 0.2) is 12.6 Å². The van der Waals surface area contributed by atoms with E-state index >= 15 is 0 Å². The molecule has 0 spiro atoms. The molecule has 4 rings (SSSR count). The number of rotatable bonds is 8. The van der Waals surface area contributed by atoms with Crippen LogP contribution in [0.1, 0.15) is 58.8 Å². The van der Waals surface area contributed by atoms with Crippen molar-refractivity contribution in [1.29, 1.82) is 0 Å². The zero-order valence-corrected chi connectivity index (χ0v) is 23.2. The molecule has 0 amide bonds. The number of fused-ring (bicyclic) bond motifs is 1. The van der Waals surface area contributed by atoms with Gasteiger partial charge in [0, 0.05) is 13.7 Å². The number of methoxy groups -OCH3 is 1. The summed E-state index contributed by atoms with van der Waals surface area (Å²) in [7, 11) is 1.60. The molecule has 228 valence electrons. The van der Waals surface area contributed by atoms with Gasteiger partial charge in [0.1, 0.15) is 42.7 Å². The predicted molar refractivity (Wildman–Crippen MR) is 136 cm³/mol. The van der Waals surface area contributed by atoms with Crippen molar-refractivity contribution in [2.45, 2.75) is 139 Å². The fourth-order valence-corrected chi connectivity index (χ4v) is 6.22. The van der Waals surface area contributed by atoms with Gasteiger partial charge in [-0.3, -0.25) is 0 Å². The van der Waals surface area contributed by atoms with Gasteiger partial charge >= 0.3 is 0 Å². The first-order chi connectivity index (χ1) is 18.8. The summed E-state index contributed by atoms with van der Waals surface area (Å²) in [6.07, 6.45) is -6.09. The molecule has 5 N–H and O–H groups in total. The lowest BCUT2D eigenvalue weighted by Gasteiger charge is -2.48. The molecule has 14 atom stereocenters. The van der Waals surface area contributed by atoms with Crippen LogP contribution in [0.25, 0.3) is 0 Å². The van der Waals surface area contributed by atoms with Gasteiger partial charge in [0.05, 0.1) is 37.6 Å². The van der Waals surface area contributed by atoms with Gasteiger partial charge in [-0.25, -0.2) is 0 Å². The first kappa shape index (κ1) is 31.5. The van der Waals surface area contributed by atoms with E-state index in [1.165, 1.54) is 0 Å². The number of hydrogen-bond acceptors (Lipinski definition) is 12. The third kappa shape index (κ3) is 7.30. The van der Waals surface area contributed by atoms with Gasteiger partial charge in [0.2, 0.25) is 0 Å². The molecule has 4 aliphatic rings. The van der Waals surface area contributed by atoms with Crippen molar-refractivity contribution < 1.29 is 58.7 Å². The van der Waals surface area contributed by atoms with Gasteiger partial charge < -0.3 is 58.7 Å². The second-order valence-electron chi connectivity index (χ2n) is 11.3. The number of ether oxygens (including phenoxy) is 7. The highest BCUT2D eigenvalue weighted by Crippen LogP contribution is 2.37. The summed E-state index contributed by atoms with van der Waals surface area (Å²) >= 11 is 0. The quantitative estimate of drug-likeness (QED) is 0.265. The summed E-state index contributed by atoms with van der Waals surface area (Å²) in [5.41, 5.74) is 0. The van der Waals surface area contributed by atoms with E-state index in [0.29, 0.717) is 19.6 Å². The summed E-state index contributed by atoms with van der Waals surface area (Å²) in [6.45, 7) is 4.05. The lowest BCUT2D eigenvalue weighted by Crippen LogP contribution is -2.63. The molecule has 0 aromatic carbocycles. The van der Waals surface area contributed by atoms with E-state index in [-0.39, 0.29) is 12.0 Å². The van der Waals surface area contributed by atoms with Crippen LogP contribution in [0.2, 0.25) is 0 Å². The minimum atomic E-state index is -1.43. The molecular formula is C27H48O12. The number of hydrogen-bond donors (Lipinski definition) is 5. The Labute approximate surface area is 230 Å². The minimum Gasteiger partial charge on any atom is -0.394 e. The molecule has 0 aromatic heterocycles. The Bertz CT molecular complexity index is 729. The average Bonchev–Trinajstić information content (AvgIpc) is 3.03. The van der Waals surface area contributed by atoms with E-state index in [4.69, 9.17) is 33.2 Å². The van der Waals surface area contributed by atoms with E-state index in [2.05, 4.69) is 6.92 Å². The third-order valence-electron chi connectivity index (χ3n) is 8.56. The summed E-state index contributed by atoms with van der Waals surface area (Å²) in [6, 6.07) is 0. The highest BCUT2D eigenvalue weighted by atomic mass is 16.7. The number of aliphatic hydroxyl groups is 5. The summed E-state index contributed by atoms with van der Waals surface area (Å²) in [5, 5.41) is 52.0. The van der Waals surface area contributed by atoms with Crippen LogP contribution < -0.4 is 0 Å². The van der Waals surface area contributed by atoms with E-state index in [0.717, 1.165) is 38.5 Å². The smallest absolute Gasteiger partial charge is 0.187 e. The average molecular weight is 565 g/mol. The topological polar surface area (TPSA) is 166 Å². The predicted octanol–water partition coefficient (Wildman–Crippen LogP) is -0.158. The molecule has 3 heterocycles. The molecular weight excluding hydrogens is 516 g/mol. The van der Waals surface area contributed by atoms with E-state index in [1.54, 1.807) is 14.0 Å². The Morgan fingerprint density at radius 3 is 2.31 bits per heavy atom. The maximum Gasteiger partial charge on any atom is 0.187 e. The van der Waals surface area contributed by atoms with Crippen molar-refractivity contribution in [2.75, 3.05) is 26.9 Å². The maximum absolute atomic E-state index is 11.0. The largest absolute Gasteiger partial charge is 0.394 e. The summed E-state index contributed by atoms with van der Waals surface area (Å²) < 4.78 is 42.5. The van der Waals surface area contributed by atoms with Crippen molar-refractivity contribution >= 4 is 0 Å². The van der Waals surface area contributed by atoms with Crippen molar-refractivity contribution in [3.8, 4) is 0 Å². The zero-order valence-electron chi connectivity index (χ0n) is 23.2. The van der Waals surface area contributed by atoms with Crippen molar-refractivity contribution in [3.05, 3.63) is 0 Å². The Morgan fingerprint density at radius 2 is 1.59 bits per heavy atom. The highest BCUT2D eigenvalue weighted by Gasteiger charge is 2.51. The molecule has 3 aliphatic heterocycles. The SMILES string of the molecule is CC[C@@H]1CCC[C@@H](O[C@@H]2OC(CO)[C@H](O)C3O[C@@H](COC)CCCCOC32)C1O[C@@H]1OC(C)[C@@H](O)C(O)[C@@H]1O. The first-order valence-electron chi connectivity index (χ1n) is 14.5. The van der Waals surface area contributed by atoms with Gasteiger partial charge in [-0.05, 0) is 44.9 Å². The second-order valence-corrected chi connectivity index (χ2v) is 11.3. The molecule has 6 unspecified atom stereocenters. The highest BCUT2D eigenvalue weighted by molar-refractivity contribution is 4.95. The van der Waals surface area contributed by atoms with E-state index < -0.39 is 80.2 Å². The normalized spacial score (nSPS) is 48.0. The van der Waals surface area contributed by atoms with Gasteiger partial charge in [0.25, 0.3) is 0 Å². The van der Waals surface area contributed by atoms with Gasteiger partial charge in [-0.2, -0.15) is 0 Å². The van der Waals surface area contributed by atoms with Crippen LogP contribution in [0.3, 0.4) is 0 Å². The molecule has 1 saturated carbocycles. The maximum atomic E-state index is 11.0. The summed E-state index contributed by atoms with van der Waals surface area (Å²) in [4.78, 5) is 0. The summed E-state index contributed by atoms with van der Waals surface area (Å²) in [5.74, 6) is 0.0845. The zero-order chi connectivity index (χ0) is 28.1. The standard InChI is InChI=1S/C27H48O12/c1-4-15-8-7-10-17(23(15)39-26-22(32)21(31)19(29)14(2)35-26)37-27-25-24(20(30)18(12-28)38-27)36-16(13-33-3)9-5-6-11-34-25/h14-32H,4-13H2,1-3H3/t14?,15-,16-,17-,18?,19-,20+,21?,22+,23?,24?,25?,26+,27-/m1/s1. The molecule has 3 saturated heterocycles. The monoisotopic (exact) mass is 564 g/mol. The fraction of sp³-hybridized carbons (Fsp3) is 1.00. The van der Waals surface area contributed by atoms with Crippen LogP contribution in [0.15, 0.2) is 0 Å². The van der Waals surface area contributed by atoms with Crippen molar-refractivity contribution in [2.24, 2.45) is 5.92 Å². The van der Waals surface area contributed by atoms with E-state index in [1.807, 2.05) is 0 Å². The molecule has 39 heavy (non-hydrogen) atoms. The Morgan fingerprint density at radius 1 is 0.795 bits per heavy atom. The molecule has 1 aliphatic carbocycles. The fourth-order valence-electron chi connectivity index (χ4n) is 6.22. The van der Waals surface area contributed by atoms with Gasteiger partial charge in [-0.1, -0.05) is 19.8 Å². The van der Waals surface area contributed by atoms with E-state index in [9.17, 15) is 25.5 Å². The second kappa shape index (κ2) is 14.6. The minimum absolute atomic E-state index is 0.0845. The molecule has 12 nitrogen and oxygen atoms in total. The van der Waals surface area contributed by atoms with Crippen LogP contribution in [0.4, 0.5) is 0 Å². The van der Waals surface area contributed by atoms with Crippen molar-refractivity contribution in [3.63, 3.8) is 0 Å². The molecule has 0 bridgehead atoms. The van der Waals surface area contributed by atoms with Crippen LogP contribution in [0.5, 0.6) is 0 Å². The molecule has 12 heteroatoms. The van der Waals surface area contributed by atoms with Gasteiger partial charge in [-0.15, -0.1) is 0 Å². The third-order valence-corrected chi connectivity index (χ3v) is 8.56. The lowest BCUT2D eigenvalue weighted by molar-refractivity contribution is -0.353. The Hall–Kier alpha value is -0.480. The molecule has 0 radical (unpaired) electrons. The van der Waals surface area contributed by atoms with Crippen LogP contribution in [-0.2, 0) is 33.2 Å². The Kier molecular flexibility index (Phi) is 11.8.